The van der Waals surface area contributed by atoms with E-state index in [-0.39, 0.29) is 28.9 Å². The lowest BCUT2D eigenvalue weighted by Crippen LogP contribution is -2.31. The number of hydrogen-bond donors (Lipinski definition) is 3. The number of anilines is 1. The van der Waals surface area contributed by atoms with E-state index in [4.69, 9.17) is 27.9 Å². The van der Waals surface area contributed by atoms with Gasteiger partial charge in [-0.3, -0.25) is 9.59 Å². The Morgan fingerprint density at radius 1 is 1.26 bits per heavy atom. The van der Waals surface area contributed by atoms with Crippen molar-refractivity contribution in [1.29, 1.82) is 5.26 Å². The normalized spacial score (nSPS) is 17.4. The molecule has 2 aromatic carbocycles. The summed E-state index contributed by atoms with van der Waals surface area (Å²) in [6, 6.07) is 11.8. The number of hydrogen-bond acceptors (Lipinski definition) is 7. The minimum atomic E-state index is -0.629. The van der Waals surface area contributed by atoms with Crippen molar-refractivity contribution in [2.45, 2.75) is 25.2 Å². The molecular formula is C25H21Cl2N3O4S. The lowest BCUT2D eigenvalue weighted by molar-refractivity contribution is -0.116. The molecule has 0 spiro atoms. The second kappa shape index (κ2) is 10.6. The molecule has 0 saturated heterocycles. The molecule has 35 heavy (non-hydrogen) atoms. The third kappa shape index (κ3) is 5.43. The van der Waals surface area contributed by atoms with Crippen molar-refractivity contribution >= 4 is 52.3 Å². The van der Waals surface area contributed by atoms with Gasteiger partial charge in [-0.05, 0) is 48.7 Å². The van der Waals surface area contributed by atoms with Crippen molar-refractivity contribution in [3.05, 3.63) is 73.9 Å². The topological polar surface area (TPSA) is 111 Å². The molecular weight excluding hydrogens is 509 g/mol. The van der Waals surface area contributed by atoms with Crippen molar-refractivity contribution in [1.82, 2.24) is 5.32 Å². The van der Waals surface area contributed by atoms with Gasteiger partial charge < -0.3 is 20.5 Å². The highest BCUT2D eigenvalue weighted by molar-refractivity contribution is 8.03. The summed E-state index contributed by atoms with van der Waals surface area (Å²) in [5.41, 5.74) is 2.74. The Balaban J connectivity index is 1.64. The van der Waals surface area contributed by atoms with E-state index in [1.54, 1.807) is 30.3 Å². The molecule has 3 N–H and O–H groups in total. The third-order valence-corrected chi connectivity index (χ3v) is 7.15. The first-order chi connectivity index (χ1) is 16.8. The number of phenolic OH excluding ortho intramolecular Hbond substituents is 1. The Bertz CT molecular complexity index is 1300. The number of halogens is 2. The summed E-state index contributed by atoms with van der Waals surface area (Å²) in [6.07, 6.45) is 1.76. The first kappa shape index (κ1) is 25.0. The van der Waals surface area contributed by atoms with Crippen molar-refractivity contribution in [2.24, 2.45) is 0 Å². The Hall–Kier alpha value is -3.12. The molecule has 0 saturated carbocycles. The van der Waals surface area contributed by atoms with E-state index in [2.05, 4.69) is 16.7 Å². The molecule has 180 valence electrons. The smallest absolute Gasteiger partial charge is 0.234 e. The fourth-order valence-electron chi connectivity index (χ4n) is 4.21. The largest absolute Gasteiger partial charge is 0.504 e. The molecule has 0 aromatic heterocycles. The molecule has 7 nitrogen and oxygen atoms in total. The van der Waals surface area contributed by atoms with Gasteiger partial charge in [-0.15, -0.1) is 0 Å². The summed E-state index contributed by atoms with van der Waals surface area (Å²) in [5, 5.41) is 27.4. The number of rotatable bonds is 6. The molecule has 2 aromatic rings. The molecule has 4 rings (SSSR count). The van der Waals surface area contributed by atoms with Gasteiger partial charge in [-0.2, -0.15) is 5.26 Å². The van der Waals surface area contributed by atoms with E-state index in [1.807, 2.05) is 0 Å². The molecule has 1 aliphatic heterocycles. The number of aromatic hydroxyl groups is 1. The van der Waals surface area contributed by atoms with Crippen molar-refractivity contribution in [3.8, 4) is 17.6 Å². The van der Waals surface area contributed by atoms with E-state index in [9.17, 15) is 20.0 Å². The third-order valence-electron chi connectivity index (χ3n) is 5.69. The van der Waals surface area contributed by atoms with Crippen LogP contribution in [-0.2, 0) is 9.59 Å². The van der Waals surface area contributed by atoms with Gasteiger partial charge in [0.2, 0.25) is 5.91 Å². The molecule has 0 bridgehead atoms. The van der Waals surface area contributed by atoms with Crippen LogP contribution in [0.1, 0.15) is 30.7 Å². The number of carbonyl (C=O) groups excluding carboxylic acids is 2. The summed E-state index contributed by atoms with van der Waals surface area (Å²) in [4.78, 5) is 25.5. The van der Waals surface area contributed by atoms with E-state index >= 15 is 0 Å². The summed E-state index contributed by atoms with van der Waals surface area (Å²) >= 11 is 13.2. The van der Waals surface area contributed by atoms with Crippen molar-refractivity contribution in [3.63, 3.8) is 0 Å². The maximum absolute atomic E-state index is 12.9. The predicted molar refractivity (Wildman–Crippen MR) is 137 cm³/mol. The Morgan fingerprint density at radius 2 is 2.00 bits per heavy atom. The number of allylic oxidation sites excluding steroid dienone is 3. The number of nitrogens with one attached hydrogen (secondary N) is 2. The lowest BCUT2D eigenvalue weighted by atomic mass is 9.77. The zero-order valence-electron chi connectivity index (χ0n) is 18.7. The summed E-state index contributed by atoms with van der Waals surface area (Å²) in [5.74, 6) is -0.733. The van der Waals surface area contributed by atoms with Crippen LogP contribution in [0.5, 0.6) is 11.5 Å². The zero-order valence-corrected chi connectivity index (χ0v) is 21.0. The van der Waals surface area contributed by atoms with E-state index < -0.39 is 5.92 Å². The monoisotopic (exact) mass is 529 g/mol. The minimum absolute atomic E-state index is 0.0137. The van der Waals surface area contributed by atoms with Crippen LogP contribution in [0, 0.1) is 11.3 Å². The standard InChI is InChI=1S/C25H21Cl2N3O4S/c1-34-21-7-13(5-6-19(21)31)23-17(11-28)25(30-18-3-2-4-20(32)24(18)23)35-12-22(33)29-16-9-14(26)8-15(27)10-16/h5-10,23,30-31H,2-4,12H2,1H3,(H,29,33). The van der Waals surface area contributed by atoms with Crippen LogP contribution in [0.4, 0.5) is 5.69 Å². The fourth-order valence-corrected chi connectivity index (χ4v) is 5.59. The number of benzene rings is 2. The number of thioether (sulfide) groups is 1. The highest BCUT2D eigenvalue weighted by Crippen LogP contribution is 2.45. The van der Waals surface area contributed by atoms with Gasteiger partial charge in [0.1, 0.15) is 0 Å². The summed E-state index contributed by atoms with van der Waals surface area (Å²) in [7, 11) is 1.44. The number of methoxy groups -OCH3 is 1. The molecule has 1 amide bonds. The van der Waals surface area contributed by atoms with Gasteiger partial charge in [-0.1, -0.05) is 41.0 Å². The van der Waals surface area contributed by atoms with Crippen molar-refractivity contribution in [2.75, 3.05) is 18.2 Å². The zero-order chi connectivity index (χ0) is 25.1. The van der Waals surface area contributed by atoms with Crippen LogP contribution in [0.2, 0.25) is 10.0 Å². The molecule has 1 unspecified atom stereocenters. The van der Waals surface area contributed by atoms with Crippen LogP contribution >= 0.6 is 35.0 Å². The van der Waals surface area contributed by atoms with Crippen molar-refractivity contribution < 1.29 is 19.4 Å². The second-order valence-corrected chi connectivity index (χ2v) is 9.87. The van der Waals surface area contributed by atoms with Gasteiger partial charge in [-0.25, -0.2) is 0 Å². The Kier molecular flexibility index (Phi) is 7.60. The summed E-state index contributed by atoms with van der Waals surface area (Å²) in [6.45, 7) is 0. The number of amides is 1. The van der Waals surface area contributed by atoms with Gasteiger partial charge in [0.05, 0.1) is 35.5 Å². The van der Waals surface area contributed by atoms with E-state index in [0.29, 0.717) is 56.7 Å². The van der Waals surface area contributed by atoms with E-state index in [1.165, 1.54) is 24.9 Å². The molecule has 1 heterocycles. The lowest BCUT2D eigenvalue weighted by Gasteiger charge is -2.33. The Morgan fingerprint density at radius 3 is 2.69 bits per heavy atom. The first-order valence-corrected chi connectivity index (χ1v) is 12.5. The molecule has 1 atom stereocenters. The maximum Gasteiger partial charge on any atom is 0.234 e. The van der Waals surface area contributed by atoms with Crippen LogP contribution < -0.4 is 15.4 Å². The number of phenols is 1. The Labute approximate surface area is 216 Å². The average Bonchev–Trinajstić information content (AvgIpc) is 2.81. The number of ketones is 1. The maximum atomic E-state index is 12.9. The van der Waals surface area contributed by atoms with Gasteiger partial charge in [0.15, 0.2) is 17.3 Å². The van der Waals surface area contributed by atoms with Gasteiger partial charge in [0, 0.05) is 33.4 Å². The number of Topliss-reactive ketones (excluding diaryl/α,β-unsaturated/α-hetero) is 1. The van der Waals surface area contributed by atoms with Crippen LogP contribution in [0.3, 0.4) is 0 Å². The molecule has 2 aliphatic rings. The van der Waals surface area contributed by atoms with Crippen LogP contribution in [0.25, 0.3) is 0 Å². The van der Waals surface area contributed by atoms with Crippen LogP contribution in [-0.4, -0.2) is 29.7 Å². The quantitative estimate of drug-likeness (QED) is 0.452. The number of carbonyl (C=O) groups is 2. The average molecular weight is 530 g/mol. The molecule has 0 fully saturated rings. The molecule has 10 heteroatoms. The predicted octanol–water partition coefficient (Wildman–Crippen LogP) is 5.51. The SMILES string of the molecule is COc1cc(C2C(C#N)=C(SCC(=O)Nc3cc(Cl)cc(Cl)c3)NC3=C2C(=O)CCC3)ccc1O. The number of nitriles is 1. The number of ether oxygens (including phenoxy) is 1. The van der Waals surface area contributed by atoms with E-state index in [0.717, 1.165) is 5.70 Å². The first-order valence-electron chi connectivity index (χ1n) is 10.7. The minimum Gasteiger partial charge on any atom is -0.504 e. The van der Waals surface area contributed by atoms with Gasteiger partial charge in [0.25, 0.3) is 0 Å². The fraction of sp³-hybridized carbons (Fsp3) is 0.240. The van der Waals surface area contributed by atoms with Crippen LogP contribution in [0.15, 0.2) is 58.3 Å². The number of dihydropyridines is 1. The summed E-state index contributed by atoms with van der Waals surface area (Å²) < 4.78 is 5.24. The molecule has 0 radical (unpaired) electrons. The highest BCUT2D eigenvalue weighted by Gasteiger charge is 2.37. The highest BCUT2D eigenvalue weighted by atomic mass is 35.5. The van der Waals surface area contributed by atoms with Gasteiger partial charge >= 0.3 is 0 Å². The number of nitrogens with zero attached hydrogens (tertiary/aromatic N) is 1. The molecule has 1 aliphatic carbocycles. The second-order valence-electron chi connectivity index (χ2n) is 8.01.